The van der Waals surface area contributed by atoms with Crippen molar-refractivity contribution in [3.8, 4) is 0 Å². The molecule has 10 heteroatoms. The number of nitrogens with one attached hydrogen (secondary N) is 2. The van der Waals surface area contributed by atoms with Crippen LogP contribution in [0.15, 0.2) is 17.3 Å². The summed E-state index contributed by atoms with van der Waals surface area (Å²) in [6.45, 7) is 1.60. The minimum absolute atomic E-state index is 0.0595. The van der Waals surface area contributed by atoms with Crippen LogP contribution >= 0.6 is 0 Å². The topological polar surface area (TPSA) is 126 Å². The minimum atomic E-state index is -4.16. The van der Waals surface area contributed by atoms with E-state index >= 15 is 0 Å². The van der Waals surface area contributed by atoms with Gasteiger partial charge in [-0.1, -0.05) is 6.07 Å². The molecule has 0 fully saturated rings. The summed E-state index contributed by atoms with van der Waals surface area (Å²) in [5, 5.41) is 19.4. The number of anilines is 1. The lowest BCUT2D eigenvalue weighted by atomic mass is 9.99. The highest BCUT2D eigenvalue weighted by Gasteiger charge is 2.27. The van der Waals surface area contributed by atoms with Crippen LogP contribution in [0.25, 0.3) is 0 Å². The van der Waals surface area contributed by atoms with Crippen molar-refractivity contribution in [2.75, 3.05) is 5.32 Å². The van der Waals surface area contributed by atoms with Crippen LogP contribution < -0.4 is 10.0 Å². The Balaban J connectivity index is 1.53. The molecule has 3 N–H and O–H groups in total. The molecule has 2 aliphatic carbocycles. The number of rotatable bonds is 5. The summed E-state index contributed by atoms with van der Waals surface area (Å²) < 4.78 is 26.9. The Morgan fingerprint density at radius 1 is 1.21 bits per heavy atom. The molecule has 4 rings (SSSR count). The van der Waals surface area contributed by atoms with E-state index < -0.39 is 22.2 Å². The number of aliphatic hydroxyl groups excluding tert-OH is 1. The summed E-state index contributed by atoms with van der Waals surface area (Å²) in [5.41, 5.74) is 5.51. The number of aromatic nitrogens is 3. The van der Waals surface area contributed by atoms with Gasteiger partial charge in [-0.05, 0) is 67.7 Å². The Labute approximate surface area is 163 Å². The second kappa shape index (κ2) is 7.17. The Kier molecular flexibility index (Phi) is 4.84. The molecule has 1 aromatic carbocycles. The number of hydrogen-bond donors (Lipinski definition) is 3. The number of aliphatic hydroxyl groups is 1. The van der Waals surface area contributed by atoms with E-state index in [-0.39, 0.29) is 11.6 Å². The van der Waals surface area contributed by atoms with Crippen LogP contribution in [-0.2, 0) is 42.3 Å². The maximum Gasteiger partial charge on any atom is 0.333 e. The fourth-order valence-corrected chi connectivity index (χ4v) is 4.80. The summed E-state index contributed by atoms with van der Waals surface area (Å²) in [7, 11) is -4.16. The van der Waals surface area contributed by atoms with Crippen molar-refractivity contribution in [1.29, 1.82) is 0 Å². The average molecular weight is 405 g/mol. The van der Waals surface area contributed by atoms with Gasteiger partial charge >= 0.3 is 6.03 Å². The van der Waals surface area contributed by atoms with Gasteiger partial charge in [-0.3, -0.25) is 0 Å². The smallest absolute Gasteiger partial charge is 0.333 e. The molecule has 1 heterocycles. The maximum atomic E-state index is 12.5. The molecule has 0 spiro atoms. The monoisotopic (exact) mass is 405 g/mol. The molecular formula is C18H23N5O4S. The Bertz CT molecular complexity index is 997. The van der Waals surface area contributed by atoms with Gasteiger partial charge in [0.2, 0.25) is 5.03 Å². The normalized spacial score (nSPS) is 16.5. The predicted octanol–water partition coefficient (Wildman–Crippen LogP) is 1.15. The fourth-order valence-electron chi connectivity index (χ4n) is 4.01. The van der Waals surface area contributed by atoms with Gasteiger partial charge in [-0.15, -0.1) is 5.10 Å². The first-order valence-corrected chi connectivity index (χ1v) is 10.9. The first-order valence-electron chi connectivity index (χ1n) is 9.42. The number of benzene rings is 1. The van der Waals surface area contributed by atoms with Gasteiger partial charge in [-0.2, -0.15) is 18.3 Å². The van der Waals surface area contributed by atoms with Crippen LogP contribution in [-0.4, -0.2) is 40.7 Å². The van der Waals surface area contributed by atoms with Gasteiger partial charge in [0.1, 0.15) is 0 Å². The van der Waals surface area contributed by atoms with Crippen molar-refractivity contribution in [3.63, 3.8) is 0 Å². The fraction of sp³-hybridized carbons (Fsp3) is 0.500. The van der Waals surface area contributed by atoms with Crippen LogP contribution in [0.4, 0.5) is 10.5 Å². The summed E-state index contributed by atoms with van der Waals surface area (Å²) in [6, 6.07) is 1.43. The zero-order valence-electron chi connectivity index (χ0n) is 15.6. The van der Waals surface area contributed by atoms with E-state index in [1.54, 1.807) is 6.92 Å². The van der Waals surface area contributed by atoms with E-state index in [0.717, 1.165) is 66.3 Å². The zero-order chi connectivity index (χ0) is 19.9. The summed E-state index contributed by atoms with van der Waals surface area (Å²) in [4.78, 5) is 13.6. The number of sulfonamides is 1. The van der Waals surface area contributed by atoms with Crippen LogP contribution in [0, 0.1) is 0 Å². The molecule has 0 radical (unpaired) electrons. The third-order valence-electron chi connectivity index (χ3n) is 5.16. The highest BCUT2D eigenvalue weighted by molar-refractivity contribution is 7.90. The lowest BCUT2D eigenvalue weighted by molar-refractivity contribution is 0.161. The van der Waals surface area contributed by atoms with E-state index in [9.17, 15) is 18.3 Å². The Morgan fingerprint density at radius 2 is 1.86 bits per heavy atom. The summed E-state index contributed by atoms with van der Waals surface area (Å²) >= 11 is 0. The summed E-state index contributed by atoms with van der Waals surface area (Å²) in [5.74, 6) is 0. The minimum Gasteiger partial charge on any atom is -0.391 e. The van der Waals surface area contributed by atoms with Crippen LogP contribution in [0.5, 0.6) is 0 Å². The highest BCUT2D eigenvalue weighted by Crippen LogP contribution is 2.38. The van der Waals surface area contributed by atoms with Crippen molar-refractivity contribution < 1.29 is 18.3 Å². The SMILES string of the molecule is CC(O)Cn1ncc(S(=O)(=O)NC(=O)Nc2c3c(cc4c2CCC4)CCC3)n1. The number of aryl methyl sites for hydroxylation is 2. The second-order valence-electron chi connectivity index (χ2n) is 7.38. The van der Waals surface area contributed by atoms with Crippen molar-refractivity contribution in [2.24, 2.45) is 0 Å². The van der Waals surface area contributed by atoms with Crippen LogP contribution in [0.2, 0.25) is 0 Å². The van der Waals surface area contributed by atoms with Gasteiger partial charge in [0.25, 0.3) is 10.0 Å². The number of nitrogens with zero attached hydrogens (tertiary/aromatic N) is 3. The van der Waals surface area contributed by atoms with Gasteiger partial charge in [0, 0.05) is 5.69 Å². The lowest BCUT2D eigenvalue weighted by Crippen LogP contribution is -2.35. The van der Waals surface area contributed by atoms with Crippen molar-refractivity contribution >= 4 is 21.7 Å². The molecule has 1 unspecified atom stereocenters. The molecule has 2 amide bonds. The Morgan fingerprint density at radius 3 is 2.46 bits per heavy atom. The molecule has 150 valence electrons. The lowest BCUT2D eigenvalue weighted by Gasteiger charge is -2.16. The van der Waals surface area contributed by atoms with Gasteiger partial charge in [-0.25, -0.2) is 9.52 Å². The largest absolute Gasteiger partial charge is 0.391 e. The Hall–Kier alpha value is -2.46. The quantitative estimate of drug-likeness (QED) is 0.685. The van der Waals surface area contributed by atoms with E-state index in [4.69, 9.17) is 0 Å². The third kappa shape index (κ3) is 3.61. The second-order valence-corrected chi connectivity index (χ2v) is 9.01. The number of urea groups is 1. The molecular weight excluding hydrogens is 382 g/mol. The number of carbonyl (C=O) groups excluding carboxylic acids is 1. The van der Waals surface area contributed by atoms with E-state index in [2.05, 4.69) is 21.6 Å². The number of carbonyl (C=O) groups is 1. The first kappa shape index (κ1) is 18.9. The van der Waals surface area contributed by atoms with E-state index in [0.29, 0.717) is 0 Å². The molecule has 1 aromatic heterocycles. The molecule has 28 heavy (non-hydrogen) atoms. The van der Waals surface area contributed by atoms with Crippen molar-refractivity contribution in [1.82, 2.24) is 19.7 Å². The molecule has 0 saturated carbocycles. The predicted molar refractivity (Wildman–Crippen MR) is 102 cm³/mol. The van der Waals surface area contributed by atoms with Crippen molar-refractivity contribution in [3.05, 3.63) is 34.5 Å². The molecule has 1 atom stereocenters. The third-order valence-corrected chi connectivity index (χ3v) is 6.35. The number of amides is 2. The standard InChI is InChI=1S/C18H23N5O4S/c1-11(24)10-23-19-9-16(21-23)28(26,27)22-18(25)20-17-14-6-2-4-12(14)8-13-5-3-7-15(13)17/h8-9,11,24H,2-7,10H2,1H3,(H2,20,22,25). The maximum absolute atomic E-state index is 12.5. The molecule has 0 saturated heterocycles. The van der Waals surface area contributed by atoms with Crippen LogP contribution in [0.1, 0.15) is 42.0 Å². The number of hydrogen-bond acceptors (Lipinski definition) is 6. The average Bonchev–Trinajstić information content (AvgIpc) is 3.32. The summed E-state index contributed by atoms with van der Waals surface area (Å²) in [6.07, 6.45) is 6.17. The van der Waals surface area contributed by atoms with E-state index in [1.807, 2.05) is 4.72 Å². The highest BCUT2D eigenvalue weighted by atomic mass is 32.2. The van der Waals surface area contributed by atoms with Gasteiger partial charge in [0.05, 0.1) is 18.8 Å². The molecule has 2 aliphatic rings. The van der Waals surface area contributed by atoms with Crippen molar-refractivity contribution in [2.45, 2.75) is 63.1 Å². The zero-order valence-corrected chi connectivity index (χ0v) is 16.4. The van der Waals surface area contributed by atoms with Gasteiger partial charge < -0.3 is 10.4 Å². The first-order chi connectivity index (χ1) is 13.3. The van der Waals surface area contributed by atoms with Crippen LogP contribution in [0.3, 0.4) is 0 Å². The molecule has 0 bridgehead atoms. The molecule has 2 aromatic rings. The number of fused-ring (bicyclic) bond motifs is 2. The molecule has 9 nitrogen and oxygen atoms in total. The van der Waals surface area contributed by atoms with E-state index in [1.165, 1.54) is 11.1 Å². The van der Waals surface area contributed by atoms with Gasteiger partial charge in [0.15, 0.2) is 0 Å². The molecule has 0 aliphatic heterocycles.